The van der Waals surface area contributed by atoms with E-state index in [0.29, 0.717) is 18.9 Å². The van der Waals surface area contributed by atoms with Crippen LogP contribution in [0.15, 0.2) is 60.0 Å². The summed E-state index contributed by atoms with van der Waals surface area (Å²) in [5.41, 5.74) is 1.07. The average Bonchev–Trinajstić information content (AvgIpc) is 3.31. The fraction of sp³-hybridized carbons (Fsp3) is 0.211. The minimum absolute atomic E-state index is 0.0114. The monoisotopic (exact) mass is 398 g/mol. The van der Waals surface area contributed by atoms with Crippen molar-refractivity contribution >= 4 is 15.9 Å². The molecule has 3 aromatic rings. The van der Waals surface area contributed by atoms with Gasteiger partial charge in [-0.2, -0.15) is 8.42 Å². The molecule has 8 nitrogen and oxygen atoms in total. The number of rotatable bonds is 6. The molecule has 1 amide bonds. The van der Waals surface area contributed by atoms with Gasteiger partial charge in [0.1, 0.15) is 18.2 Å². The lowest BCUT2D eigenvalue weighted by Crippen LogP contribution is -2.32. The summed E-state index contributed by atoms with van der Waals surface area (Å²) in [5.74, 6) is 0.457. The van der Waals surface area contributed by atoms with Gasteiger partial charge in [0.25, 0.3) is 15.9 Å². The Morgan fingerprint density at radius 1 is 1.21 bits per heavy atom. The summed E-state index contributed by atoms with van der Waals surface area (Å²) in [6.45, 7) is 0.872. The van der Waals surface area contributed by atoms with E-state index >= 15 is 0 Å². The van der Waals surface area contributed by atoms with Crippen molar-refractivity contribution in [1.82, 2.24) is 19.3 Å². The molecule has 1 aliphatic heterocycles. The van der Waals surface area contributed by atoms with Crippen LogP contribution in [-0.2, 0) is 29.6 Å². The summed E-state index contributed by atoms with van der Waals surface area (Å²) in [6, 6.07) is 10.0. The molecule has 2 aromatic heterocycles. The molecule has 144 valence electrons. The summed E-state index contributed by atoms with van der Waals surface area (Å²) >= 11 is 0. The second kappa shape index (κ2) is 7.43. The summed E-state index contributed by atoms with van der Waals surface area (Å²) in [7, 11) is -4.01. The van der Waals surface area contributed by atoms with Crippen molar-refractivity contribution in [3.63, 3.8) is 0 Å². The molecule has 0 radical (unpaired) electrons. The first-order valence-electron chi connectivity index (χ1n) is 8.76. The van der Waals surface area contributed by atoms with Gasteiger partial charge in [-0.05, 0) is 30.7 Å². The fourth-order valence-electron chi connectivity index (χ4n) is 3.06. The number of amides is 1. The standard InChI is InChI=1S/C19H18N4O4S/c24-19(22-28(25,26)18-12-21-17-7-3-9-23(17)18)15-5-1-6-16(10-15)27-13-14-4-2-8-20-11-14/h1-2,4-6,8,10-12H,3,7,9,13H2,(H,22,24). The highest BCUT2D eigenvalue weighted by Crippen LogP contribution is 2.20. The smallest absolute Gasteiger partial charge is 0.281 e. The zero-order valence-electron chi connectivity index (χ0n) is 14.9. The molecule has 0 bridgehead atoms. The summed E-state index contributed by atoms with van der Waals surface area (Å²) in [4.78, 5) is 20.6. The Balaban J connectivity index is 1.47. The highest BCUT2D eigenvalue weighted by Gasteiger charge is 2.27. The molecule has 1 aliphatic rings. The number of hydrogen-bond acceptors (Lipinski definition) is 6. The Labute approximate surface area is 162 Å². The van der Waals surface area contributed by atoms with Crippen LogP contribution in [0.2, 0.25) is 0 Å². The molecule has 28 heavy (non-hydrogen) atoms. The van der Waals surface area contributed by atoms with Crippen LogP contribution in [0.25, 0.3) is 0 Å². The number of ether oxygens (including phenoxy) is 1. The Hall–Kier alpha value is -3.20. The van der Waals surface area contributed by atoms with Crippen molar-refractivity contribution in [3.8, 4) is 5.75 Å². The number of sulfonamides is 1. The predicted octanol–water partition coefficient (Wildman–Crippen LogP) is 1.92. The normalized spacial score (nSPS) is 13.1. The number of aromatic nitrogens is 3. The number of nitrogens with one attached hydrogen (secondary N) is 1. The van der Waals surface area contributed by atoms with E-state index in [0.717, 1.165) is 24.2 Å². The number of benzene rings is 1. The number of aryl methyl sites for hydroxylation is 1. The van der Waals surface area contributed by atoms with Gasteiger partial charge in [0, 0.05) is 36.5 Å². The van der Waals surface area contributed by atoms with Gasteiger partial charge < -0.3 is 9.30 Å². The Kier molecular flexibility index (Phi) is 4.82. The molecule has 3 heterocycles. The lowest BCUT2D eigenvalue weighted by molar-refractivity contribution is 0.0980. The van der Waals surface area contributed by atoms with Crippen molar-refractivity contribution in [3.05, 3.63) is 71.9 Å². The molecule has 0 aliphatic carbocycles. The van der Waals surface area contributed by atoms with E-state index in [9.17, 15) is 13.2 Å². The van der Waals surface area contributed by atoms with Crippen molar-refractivity contribution in [1.29, 1.82) is 0 Å². The topological polar surface area (TPSA) is 103 Å². The zero-order valence-corrected chi connectivity index (χ0v) is 15.7. The summed E-state index contributed by atoms with van der Waals surface area (Å²) in [5, 5.41) is 0.0114. The SMILES string of the molecule is O=C(NS(=O)(=O)c1cnc2n1CCC2)c1cccc(OCc2cccnc2)c1. The molecule has 1 aromatic carbocycles. The van der Waals surface area contributed by atoms with E-state index in [-0.39, 0.29) is 10.6 Å². The van der Waals surface area contributed by atoms with Gasteiger partial charge in [-0.1, -0.05) is 12.1 Å². The van der Waals surface area contributed by atoms with Crippen molar-refractivity contribution in [2.75, 3.05) is 0 Å². The third-order valence-corrected chi connectivity index (χ3v) is 5.74. The van der Waals surface area contributed by atoms with Crippen LogP contribution in [0, 0.1) is 0 Å². The van der Waals surface area contributed by atoms with Gasteiger partial charge in [-0.3, -0.25) is 9.78 Å². The first kappa shape index (κ1) is 18.2. The Morgan fingerprint density at radius 3 is 2.93 bits per heavy atom. The van der Waals surface area contributed by atoms with Crippen LogP contribution < -0.4 is 9.46 Å². The Bertz CT molecular complexity index is 1110. The van der Waals surface area contributed by atoms with E-state index in [1.165, 1.54) is 18.3 Å². The Morgan fingerprint density at radius 2 is 2.11 bits per heavy atom. The van der Waals surface area contributed by atoms with Crippen LogP contribution >= 0.6 is 0 Å². The number of imidazole rings is 1. The van der Waals surface area contributed by atoms with Crippen LogP contribution in [0.3, 0.4) is 0 Å². The molecule has 1 N–H and O–H groups in total. The lowest BCUT2D eigenvalue weighted by Gasteiger charge is -2.10. The van der Waals surface area contributed by atoms with Crippen LogP contribution in [0.1, 0.15) is 28.2 Å². The fourth-order valence-corrected chi connectivity index (χ4v) is 4.20. The minimum Gasteiger partial charge on any atom is -0.489 e. The zero-order chi connectivity index (χ0) is 19.6. The highest BCUT2D eigenvalue weighted by molar-refractivity contribution is 7.90. The second-order valence-corrected chi connectivity index (χ2v) is 8.01. The molecule has 0 unspecified atom stereocenters. The molecule has 0 atom stereocenters. The minimum atomic E-state index is -4.01. The number of carbonyl (C=O) groups is 1. The molecule has 0 saturated heterocycles. The van der Waals surface area contributed by atoms with E-state index in [4.69, 9.17) is 4.74 Å². The predicted molar refractivity (Wildman–Crippen MR) is 100 cm³/mol. The number of pyridine rings is 1. The van der Waals surface area contributed by atoms with Gasteiger partial charge in [-0.25, -0.2) is 9.71 Å². The highest BCUT2D eigenvalue weighted by atomic mass is 32.2. The van der Waals surface area contributed by atoms with E-state index < -0.39 is 15.9 Å². The third-order valence-electron chi connectivity index (χ3n) is 4.41. The molecule has 4 rings (SSSR count). The van der Waals surface area contributed by atoms with E-state index in [2.05, 4.69) is 14.7 Å². The number of carbonyl (C=O) groups excluding carboxylic acids is 1. The van der Waals surface area contributed by atoms with Crippen molar-refractivity contribution in [2.45, 2.75) is 31.0 Å². The molecular formula is C19H18N4O4S. The number of hydrogen-bond donors (Lipinski definition) is 1. The van der Waals surface area contributed by atoms with Crippen molar-refractivity contribution in [2.24, 2.45) is 0 Å². The third kappa shape index (κ3) is 3.74. The molecule has 0 saturated carbocycles. The van der Waals surface area contributed by atoms with E-state index in [1.54, 1.807) is 35.2 Å². The maximum Gasteiger partial charge on any atom is 0.281 e. The number of nitrogens with zero attached hydrogens (tertiary/aromatic N) is 3. The summed E-state index contributed by atoms with van der Waals surface area (Å²) in [6.07, 6.45) is 6.23. The van der Waals surface area contributed by atoms with Crippen LogP contribution in [-0.4, -0.2) is 28.9 Å². The van der Waals surface area contributed by atoms with Gasteiger partial charge in [0.05, 0.1) is 6.20 Å². The van der Waals surface area contributed by atoms with Crippen LogP contribution in [0.5, 0.6) is 5.75 Å². The number of fused-ring (bicyclic) bond motifs is 1. The molecule has 9 heteroatoms. The first-order chi connectivity index (χ1) is 13.5. The van der Waals surface area contributed by atoms with Gasteiger partial charge in [-0.15, -0.1) is 0 Å². The van der Waals surface area contributed by atoms with Crippen molar-refractivity contribution < 1.29 is 17.9 Å². The quantitative estimate of drug-likeness (QED) is 0.680. The largest absolute Gasteiger partial charge is 0.489 e. The van der Waals surface area contributed by atoms with E-state index in [1.807, 2.05) is 6.07 Å². The van der Waals surface area contributed by atoms with Gasteiger partial charge in [0.2, 0.25) is 0 Å². The average molecular weight is 398 g/mol. The van der Waals surface area contributed by atoms with Gasteiger partial charge in [0.15, 0.2) is 5.03 Å². The maximum absolute atomic E-state index is 12.6. The molecular weight excluding hydrogens is 380 g/mol. The molecule has 0 fully saturated rings. The first-order valence-corrected chi connectivity index (χ1v) is 10.2. The maximum atomic E-state index is 12.6. The lowest BCUT2D eigenvalue weighted by atomic mass is 10.2. The second-order valence-electron chi connectivity index (χ2n) is 6.38. The molecule has 0 spiro atoms. The summed E-state index contributed by atoms with van der Waals surface area (Å²) < 4.78 is 34.6. The van der Waals surface area contributed by atoms with Crippen LogP contribution in [0.4, 0.5) is 0 Å². The van der Waals surface area contributed by atoms with Gasteiger partial charge >= 0.3 is 0 Å².